The fourth-order valence-corrected chi connectivity index (χ4v) is 3.43. The minimum atomic E-state index is -1.14. The number of oxazole rings is 1. The van der Waals surface area contributed by atoms with Gasteiger partial charge in [0.05, 0.1) is 12.7 Å². The lowest BCUT2D eigenvalue weighted by Gasteiger charge is -2.15. The third kappa shape index (κ3) is 5.55. The molecule has 0 fully saturated rings. The lowest BCUT2D eigenvalue weighted by molar-refractivity contribution is -0.144. The van der Waals surface area contributed by atoms with E-state index in [1.54, 1.807) is 36.4 Å². The van der Waals surface area contributed by atoms with E-state index in [9.17, 15) is 14.7 Å². The molecule has 0 saturated carbocycles. The average molecular weight is 488 g/mol. The van der Waals surface area contributed by atoms with Crippen molar-refractivity contribution in [3.8, 4) is 28.7 Å². The van der Waals surface area contributed by atoms with Crippen LogP contribution in [0.25, 0.3) is 11.5 Å². The first-order valence-corrected chi connectivity index (χ1v) is 11.2. The van der Waals surface area contributed by atoms with Crippen molar-refractivity contribution in [2.45, 2.75) is 26.6 Å². The van der Waals surface area contributed by atoms with E-state index in [0.717, 1.165) is 5.56 Å². The number of methoxy groups -OCH3 is 1. The first-order chi connectivity index (χ1) is 17.4. The van der Waals surface area contributed by atoms with Crippen LogP contribution in [0.1, 0.15) is 34.3 Å². The minimum Gasteiger partial charge on any atom is -0.497 e. The van der Waals surface area contributed by atoms with Crippen LogP contribution in [-0.2, 0) is 11.4 Å². The predicted octanol–water partition coefficient (Wildman–Crippen LogP) is 5.32. The Hall–Kier alpha value is -4.59. The second-order valence-electron chi connectivity index (χ2n) is 7.99. The zero-order chi connectivity index (χ0) is 25.7. The first-order valence-electron chi connectivity index (χ1n) is 11.2. The van der Waals surface area contributed by atoms with Crippen molar-refractivity contribution in [3.05, 3.63) is 95.4 Å². The Morgan fingerprint density at radius 2 is 1.69 bits per heavy atom. The SMILES string of the molecule is COc1ccc(C(=O)c2ccc(OCc3nc(-c4ccccc4)oc3C)cc2)c(O[C@@H](C)C(=O)O)c1. The van der Waals surface area contributed by atoms with E-state index in [1.807, 2.05) is 37.3 Å². The summed E-state index contributed by atoms with van der Waals surface area (Å²) >= 11 is 0. The van der Waals surface area contributed by atoms with Gasteiger partial charge in [0.1, 0.15) is 35.3 Å². The molecule has 0 aliphatic rings. The van der Waals surface area contributed by atoms with E-state index < -0.39 is 12.1 Å². The number of ketones is 1. The number of carbonyl (C=O) groups excluding carboxylic acids is 1. The Kier molecular flexibility index (Phi) is 7.34. The number of aliphatic carboxylic acids is 1. The zero-order valence-electron chi connectivity index (χ0n) is 20.1. The van der Waals surface area contributed by atoms with Gasteiger partial charge in [-0.05, 0) is 62.4 Å². The van der Waals surface area contributed by atoms with E-state index >= 15 is 0 Å². The van der Waals surface area contributed by atoms with Crippen LogP contribution < -0.4 is 14.2 Å². The molecule has 0 amide bonds. The Morgan fingerprint density at radius 3 is 2.36 bits per heavy atom. The van der Waals surface area contributed by atoms with Crippen molar-refractivity contribution in [2.75, 3.05) is 7.11 Å². The summed E-state index contributed by atoms with van der Waals surface area (Å²) in [5, 5.41) is 9.19. The molecule has 184 valence electrons. The molecule has 8 nitrogen and oxygen atoms in total. The van der Waals surface area contributed by atoms with Crippen LogP contribution in [0.5, 0.6) is 17.2 Å². The summed E-state index contributed by atoms with van der Waals surface area (Å²) in [6.45, 7) is 3.43. The van der Waals surface area contributed by atoms with Gasteiger partial charge in [-0.1, -0.05) is 18.2 Å². The van der Waals surface area contributed by atoms with Crippen LogP contribution in [0, 0.1) is 6.92 Å². The van der Waals surface area contributed by atoms with E-state index in [1.165, 1.54) is 20.1 Å². The average Bonchev–Trinajstić information content (AvgIpc) is 3.28. The minimum absolute atomic E-state index is 0.130. The number of ether oxygens (including phenoxy) is 3. The highest BCUT2D eigenvalue weighted by Gasteiger charge is 2.20. The molecular formula is C28H25NO7. The van der Waals surface area contributed by atoms with Crippen molar-refractivity contribution in [3.63, 3.8) is 0 Å². The van der Waals surface area contributed by atoms with Gasteiger partial charge in [-0.2, -0.15) is 0 Å². The third-order valence-corrected chi connectivity index (χ3v) is 5.49. The fraction of sp³-hybridized carbons (Fsp3) is 0.179. The van der Waals surface area contributed by atoms with Gasteiger partial charge in [-0.15, -0.1) is 0 Å². The van der Waals surface area contributed by atoms with Gasteiger partial charge in [0.2, 0.25) is 5.89 Å². The molecule has 1 atom stereocenters. The number of nitrogens with zero attached hydrogens (tertiary/aromatic N) is 1. The summed E-state index contributed by atoms with van der Waals surface area (Å²) in [5.41, 5.74) is 2.18. The molecule has 0 unspecified atom stereocenters. The summed E-state index contributed by atoms with van der Waals surface area (Å²) in [7, 11) is 1.48. The van der Waals surface area contributed by atoms with Crippen molar-refractivity contribution >= 4 is 11.8 Å². The predicted molar refractivity (Wildman–Crippen MR) is 132 cm³/mol. The number of hydrogen-bond donors (Lipinski definition) is 1. The Balaban J connectivity index is 1.47. The number of aryl methyl sites for hydroxylation is 1. The van der Waals surface area contributed by atoms with Gasteiger partial charge in [0.25, 0.3) is 0 Å². The topological polar surface area (TPSA) is 108 Å². The van der Waals surface area contributed by atoms with Crippen LogP contribution in [0.2, 0.25) is 0 Å². The maximum atomic E-state index is 13.2. The van der Waals surface area contributed by atoms with Crippen LogP contribution >= 0.6 is 0 Å². The van der Waals surface area contributed by atoms with Gasteiger partial charge in [0.15, 0.2) is 11.9 Å². The van der Waals surface area contributed by atoms with Crippen molar-refractivity contribution in [1.29, 1.82) is 0 Å². The summed E-state index contributed by atoms with van der Waals surface area (Å²) in [4.78, 5) is 28.9. The van der Waals surface area contributed by atoms with Gasteiger partial charge >= 0.3 is 5.97 Å². The maximum Gasteiger partial charge on any atom is 0.344 e. The molecule has 0 saturated heterocycles. The second kappa shape index (κ2) is 10.8. The molecule has 36 heavy (non-hydrogen) atoms. The normalized spacial score (nSPS) is 11.5. The van der Waals surface area contributed by atoms with Gasteiger partial charge in [-0.25, -0.2) is 9.78 Å². The lowest BCUT2D eigenvalue weighted by Crippen LogP contribution is -2.24. The Morgan fingerprint density at radius 1 is 1.00 bits per heavy atom. The molecule has 4 rings (SSSR count). The number of benzene rings is 3. The smallest absolute Gasteiger partial charge is 0.344 e. The van der Waals surface area contributed by atoms with E-state index in [4.69, 9.17) is 18.6 Å². The Bertz CT molecular complexity index is 1360. The molecule has 0 aliphatic carbocycles. The highest BCUT2D eigenvalue weighted by Crippen LogP contribution is 2.29. The van der Waals surface area contributed by atoms with Crippen LogP contribution in [0.15, 0.2) is 77.2 Å². The van der Waals surface area contributed by atoms with E-state index in [-0.39, 0.29) is 23.7 Å². The summed E-state index contributed by atoms with van der Waals surface area (Å²) in [6.07, 6.45) is -1.14. The highest BCUT2D eigenvalue weighted by molar-refractivity contribution is 6.10. The first kappa shape index (κ1) is 24.5. The molecular weight excluding hydrogens is 462 g/mol. The number of carboxylic acid groups (broad SMARTS) is 1. The second-order valence-corrected chi connectivity index (χ2v) is 7.99. The monoisotopic (exact) mass is 487 g/mol. The molecule has 1 aromatic heterocycles. The van der Waals surface area contributed by atoms with Gasteiger partial charge < -0.3 is 23.7 Å². The molecule has 3 aromatic carbocycles. The van der Waals surface area contributed by atoms with Gasteiger partial charge in [0, 0.05) is 17.2 Å². The highest BCUT2D eigenvalue weighted by atomic mass is 16.5. The van der Waals surface area contributed by atoms with Crippen molar-refractivity contribution < 1.29 is 33.3 Å². The number of carboxylic acids is 1. The maximum absolute atomic E-state index is 13.2. The number of carbonyl (C=O) groups is 2. The zero-order valence-corrected chi connectivity index (χ0v) is 20.1. The standard InChI is InChI=1S/C28H25NO7/c1-17-24(29-27(36-17)20-7-5-4-6-8-20)16-34-21-11-9-19(10-12-21)26(30)23-14-13-22(33-3)15-25(23)35-18(2)28(31)32/h4-15,18H,16H2,1-3H3,(H,31,32)/t18-/m0/s1. The Labute approximate surface area is 208 Å². The molecule has 1 heterocycles. The van der Waals surface area contributed by atoms with Crippen molar-refractivity contribution in [1.82, 2.24) is 4.98 Å². The molecule has 0 spiro atoms. The summed E-state index contributed by atoms with van der Waals surface area (Å²) in [6, 6.07) is 20.9. The molecule has 0 aliphatic heterocycles. The molecule has 1 N–H and O–H groups in total. The summed E-state index contributed by atoms with van der Waals surface area (Å²) < 4.78 is 22.3. The quantitative estimate of drug-likeness (QED) is 0.300. The number of hydrogen-bond acceptors (Lipinski definition) is 7. The molecule has 8 heteroatoms. The third-order valence-electron chi connectivity index (χ3n) is 5.49. The van der Waals surface area contributed by atoms with Crippen LogP contribution in [0.4, 0.5) is 0 Å². The molecule has 4 aromatic rings. The van der Waals surface area contributed by atoms with E-state index in [0.29, 0.717) is 34.4 Å². The van der Waals surface area contributed by atoms with Gasteiger partial charge in [-0.3, -0.25) is 4.79 Å². The molecule has 0 bridgehead atoms. The largest absolute Gasteiger partial charge is 0.497 e. The number of rotatable bonds is 10. The number of aromatic nitrogens is 1. The van der Waals surface area contributed by atoms with E-state index in [2.05, 4.69) is 4.98 Å². The summed E-state index contributed by atoms with van der Waals surface area (Å²) in [5.74, 6) is 0.867. The fourth-order valence-electron chi connectivity index (χ4n) is 3.43. The van der Waals surface area contributed by atoms with Crippen LogP contribution in [-0.4, -0.2) is 35.1 Å². The lowest BCUT2D eigenvalue weighted by atomic mass is 10.0. The van der Waals surface area contributed by atoms with Crippen LogP contribution in [0.3, 0.4) is 0 Å². The molecule has 0 radical (unpaired) electrons. The van der Waals surface area contributed by atoms with Crippen molar-refractivity contribution in [2.24, 2.45) is 0 Å².